The van der Waals surface area contributed by atoms with Crippen molar-refractivity contribution >= 4 is 37.9 Å². The van der Waals surface area contributed by atoms with Crippen LogP contribution in [0.3, 0.4) is 0 Å². The Hall–Kier alpha value is -1.53. The smallest absolute Gasteiger partial charge is 0.139 e. The van der Waals surface area contributed by atoms with Gasteiger partial charge in [-0.05, 0) is 37.3 Å². The summed E-state index contributed by atoms with van der Waals surface area (Å²) in [5.41, 5.74) is 2.02. The van der Waals surface area contributed by atoms with Gasteiger partial charge in [-0.2, -0.15) is 0 Å². The molecule has 0 spiro atoms. The number of nitrogens with zero attached hydrogens (tertiary/aromatic N) is 2. The van der Waals surface area contributed by atoms with Gasteiger partial charge in [0, 0.05) is 58.2 Å². The Balaban J connectivity index is 1.76. The van der Waals surface area contributed by atoms with Gasteiger partial charge in [-0.25, -0.2) is 0 Å². The number of rotatable bonds is 5. The molecule has 1 fully saturated rings. The van der Waals surface area contributed by atoms with Crippen molar-refractivity contribution in [2.24, 2.45) is 5.92 Å². The van der Waals surface area contributed by atoms with Crippen molar-refractivity contribution in [1.82, 2.24) is 4.98 Å². The summed E-state index contributed by atoms with van der Waals surface area (Å²) >= 11 is 6.31. The zero-order valence-electron chi connectivity index (χ0n) is 14.6. The summed E-state index contributed by atoms with van der Waals surface area (Å²) in [6.07, 6.45) is 6.35. The van der Waals surface area contributed by atoms with Crippen LogP contribution in [-0.2, 0) is 9.73 Å². The average Bonchev–Trinajstić information content (AvgIpc) is 2.59. The second-order valence-electron chi connectivity index (χ2n) is 6.76. The van der Waals surface area contributed by atoms with E-state index in [1.807, 2.05) is 24.4 Å². The summed E-state index contributed by atoms with van der Waals surface area (Å²) in [6, 6.07) is 5.84. The standard InChI is InChI=1S/C18H24ClN3O2S/c1-24-18-12-16-14(11-15(18)19)17(3-7-21-16)22-8-4-13(5-9-22)6-10-25(2,20)23/h3,7,11-13,20H,4-6,8-10H2,1-2H3/t25-/m1/s1. The van der Waals surface area contributed by atoms with Crippen LogP contribution in [0, 0.1) is 10.7 Å². The summed E-state index contributed by atoms with van der Waals surface area (Å²) in [4.78, 5) is 6.81. The first-order valence-corrected chi connectivity index (χ1v) is 11.0. The molecule has 1 N–H and O–H groups in total. The summed E-state index contributed by atoms with van der Waals surface area (Å²) in [7, 11) is -0.773. The molecule has 1 atom stereocenters. The molecule has 5 nitrogen and oxygen atoms in total. The third-order valence-electron chi connectivity index (χ3n) is 4.86. The average molecular weight is 382 g/mol. The molecule has 3 rings (SSSR count). The molecule has 25 heavy (non-hydrogen) atoms. The highest BCUT2D eigenvalue weighted by atomic mass is 35.5. The highest BCUT2D eigenvalue weighted by molar-refractivity contribution is 7.91. The lowest BCUT2D eigenvalue weighted by Gasteiger charge is -2.34. The number of anilines is 1. The van der Waals surface area contributed by atoms with Gasteiger partial charge in [-0.15, -0.1) is 0 Å². The predicted octanol–water partition coefficient (Wildman–Crippen LogP) is 4.18. The molecule has 1 aromatic heterocycles. The van der Waals surface area contributed by atoms with Gasteiger partial charge in [0.2, 0.25) is 0 Å². The summed E-state index contributed by atoms with van der Waals surface area (Å²) in [5, 5.41) is 1.63. The van der Waals surface area contributed by atoms with Crippen molar-refractivity contribution in [3.05, 3.63) is 29.4 Å². The van der Waals surface area contributed by atoms with Gasteiger partial charge in [0.25, 0.3) is 0 Å². The van der Waals surface area contributed by atoms with E-state index in [9.17, 15) is 4.21 Å². The van der Waals surface area contributed by atoms with Crippen molar-refractivity contribution in [3.63, 3.8) is 0 Å². The second kappa shape index (κ2) is 7.38. The second-order valence-corrected chi connectivity index (χ2v) is 9.59. The molecule has 1 aromatic carbocycles. The van der Waals surface area contributed by atoms with E-state index in [4.69, 9.17) is 21.1 Å². The molecule has 136 valence electrons. The number of benzene rings is 1. The molecule has 7 heteroatoms. The normalized spacial score (nSPS) is 18.3. The van der Waals surface area contributed by atoms with Gasteiger partial charge < -0.3 is 9.64 Å². The van der Waals surface area contributed by atoms with E-state index in [0.717, 1.165) is 48.9 Å². The van der Waals surface area contributed by atoms with Crippen LogP contribution >= 0.6 is 11.6 Å². The van der Waals surface area contributed by atoms with Gasteiger partial charge >= 0.3 is 0 Å². The molecule has 0 amide bonds. The maximum atomic E-state index is 11.6. The summed E-state index contributed by atoms with van der Waals surface area (Å²) in [6.45, 7) is 1.91. The first-order valence-electron chi connectivity index (χ1n) is 8.46. The molecule has 1 aliphatic rings. The Bertz CT molecular complexity index is 862. The Morgan fingerprint density at radius 3 is 2.76 bits per heavy atom. The number of halogens is 1. The van der Waals surface area contributed by atoms with Crippen LogP contribution in [0.2, 0.25) is 5.02 Å². The number of hydrogen-bond acceptors (Lipinski definition) is 5. The summed E-state index contributed by atoms with van der Waals surface area (Å²) < 4.78 is 24.4. The van der Waals surface area contributed by atoms with Gasteiger partial charge in [0.05, 0.1) is 17.6 Å². The van der Waals surface area contributed by atoms with Crippen LogP contribution in [-0.4, -0.2) is 41.4 Å². The number of hydrogen-bond donors (Lipinski definition) is 1. The molecule has 1 saturated heterocycles. The number of ether oxygens (including phenoxy) is 1. The predicted molar refractivity (Wildman–Crippen MR) is 105 cm³/mol. The van der Waals surface area contributed by atoms with Crippen molar-refractivity contribution in [3.8, 4) is 5.75 Å². The SMILES string of the molecule is COc1cc2nccc(N3CCC(CC[S@](C)(=N)=O)CC3)c2cc1Cl. The van der Waals surface area contributed by atoms with Crippen LogP contribution < -0.4 is 9.64 Å². The minimum Gasteiger partial charge on any atom is -0.495 e. The fraction of sp³-hybridized carbons (Fsp3) is 0.500. The zero-order valence-corrected chi connectivity index (χ0v) is 16.2. The van der Waals surface area contributed by atoms with Crippen LogP contribution in [0.5, 0.6) is 5.75 Å². The van der Waals surface area contributed by atoms with Crippen molar-refractivity contribution in [2.75, 3.05) is 37.1 Å². The number of nitrogens with one attached hydrogen (secondary N) is 1. The van der Waals surface area contributed by atoms with Gasteiger partial charge in [-0.1, -0.05) is 11.6 Å². The quantitative estimate of drug-likeness (QED) is 0.843. The van der Waals surface area contributed by atoms with Crippen LogP contribution in [0.15, 0.2) is 24.4 Å². The number of piperidine rings is 1. The largest absolute Gasteiger partial charge is 0.495 e. The van der Waals surface area contributed by atoms with E-state index < -0.39 is 9.73 Å². The highest BCUT2D eigenvalue weighted by Crippen LogP contribution is 2.35. The minimum absolute atomic E-state index is 0.505. The molecule has 0 unspecified atom stereocenters. The van der Waals surface area contributed by atoms with E-state index in [2.05, 4.69) is 9.88 Å². The monoisotopic (exact) mass is 381 g/mol. The van der Waals surface area contributed by atoms with Crippen LogP contribution in [0.25, 0.3) is 10.9 Å². The van der Waals surface area contributed by atoms with Gasteiger partial charge in [0.1, 0.15) is 5.75 Å². The lowest BCUT2D eigenvalue weighted by Crippen LogP contribution is -2.34. The Kier molecular flexibility index (Phi) is 5.39. The molecule has 2 heterocycles. The Morgan fingerprint density at radius 1 is 1.40 bits per heavy atom. The van der Waals surface area contributed by atoms with Gasteiger partial charge in [-0.3, -0.25) is 14.0 Å². The molecule has 1 aliphatic heterocycles. The lowest BCUT2D eigenvalue weighted by molar-refractivity contribution is 0.396. The number of aromatic nitrogens is 1. The first kappa shape index (κ1) is 18.3. The van der Waals surface area contributed by atoms with E-state index in [-0.39, 0.29) is 0 Å². The Morgan fingerprint density at radius 2 is 2.12 bits per heavy atom. The molecule has 0 bridgehead atoms. The fourth-order valence-corrected chi connectivity index (χ4v) is 4.44. The van der Waals surface area contributed by atoms with Crippen LogP contribution in [0.4, 0.5) is 5.69 Å². The van der Waals surface area contributed by atoms with E-state index in [0.29, 0.717) is 22.4 Å². The fourth-order valence-electron chi connectivity index (χ4n) is 3.42. The third-order valence-corrected chi connectivity index (χ3v) is 6.17. The van der Waals surface area contributed by atoms with Crippen LogP contribution in [0.1, 0.15) is 19.3 Å². The van der Waals surface area contributed by atoms with E-state index >= 15 is 0 Å². The lowest BCUT2D eigenvalue weighted by atomic mass is 9.94. The van der Waals surface area contributed by atoms with Crippen molar-refractivity contribution < 1.29 is 8.95 Å². The highest BCUT2D eigenvalue weighted by Gasteiger charge is 2.21. The molecule has 0 saturated carbocycles. The maximum absolute atomic E-state index is 11.6. The number of pyridine rings is 1. The minimum atomic E-state index is -2.38. The number of fused-ring (bicyclic) bond motifs is 1. The Labute approximate surface area is 154 Å². The number of methoxy groups -OCH3 is 1. The molecule has 0 radical (unpaired) electrons. The zero-order chi connectivity index (χ0) is 18.0. The third kappa shape index (κ3) is 4.36. The topological polar surface area (TPSA) is 66.3 Å². The molecule has 0 aliphatic carbocycles. The summed E-state index contributed by atoms with van der Waals surface area (Å²) in [5.74, 6) is 1.70. The molecular formula is C18H24ClN3O2S. The van der Waals surface area contributed by atoms with Crippen molar-refractivity contribution in [1.29, 1.82) is 4.78 Å². The van der Waals surface area contributed by atoms with Gasteiger partial charge in [0.15, 0.2) is 0 Å². The molecular weight excluding hydrogens is 358 g/mol. The first-order chi connectivity index (χ1) is 11.9. The van der Waals surface area contributed by atoms with E-state index in [1.165, 1.54) is 6.26 Å². The maximum Gasteiger partial charge on any atom is 0.139 e. The van der Waals surface area contributed by atoms with Crippen molar-refractivity contribution in [2.45, 2.75) is 19.3 Å². The molecule has 2 aromatic rings. The van der Waals surface area contributed by atoms with E-state index in [1.54, 1.807) is 7.11 Å².